The molecule has 0 aliphatic carbocycles. The minimum absolute atomic E-state index is 0.269. The number of ether oxygens (including phenoxy) is 1. The molecule has 0 atom stereocenters. The van der Waals surface area contributed by atoms with Gasteiger partial charge in [0.05, 0.1) is 24.4 Å². The predicted octanol–water partition coefficient (Wildman–Crippen LogP) is 2.88. The molecule has 2 N–H and O–H groups in total. The zero-order valence-electron chi connectivity index (χ0n) is 13.9. The van der Waals surface area contributed by atoms with Crippen LogP contribution >= 0.6 is 11.6 Å². The van der Waals surface area contributed by atoms with Gasteiger partial charge in [-0.05, 0) is 36.4 Å². The summed E-state index contributed by atoms with van der Waals surface area (Å²) in [4.78, 5) is 17.9. The Morgan fingerprint density at radius 3 is 2.68 bits per heavy atom. The Morgan fingerprint density at radius 1 is 1.24 bits per heavy atom. The van der Waals surface area contributed by atoms with E-state index in [-0.39, 0.29) is 12.3 Å². The Bertz CT molecular complexity index is 876. The van der Waals surface area contributed by atoms with Gasteiger partial charge in [-0.2, -0.15) is 0 Å². The lowest BCUT2D eigenvalue weighted by Gasteiger charge is -2.23. The maximum Gasteiger partial charge on any atom is 0.219 e. The number of anilines is 1. The summed E-state index contributed by atoms with van der Waals surface area (Å²) in [6, 6.07) is 11.3. The fourth-order valence-electron chi connectivity index (χ4n) is 2.63. The number of primary amides is 1. The number of rotatable bonds is 7. The Balaban J connectivity index is 1.85. The molecule has 0 bridgehead atoms. The molecule has 1 amide bonds. The van der Waals surface area contributed by atoms with Gasteiger partial charge < -0.3 is 19.8 Å². The van der Waals surface area contributed by atoms with E-state index in [1.165, 1.54) is 0 Å². The normalized spacial score (nSPS) is 10.8. The molecule has 0 saturated carbocycles. The van der Waals surface area contributed by atoms with Crippen molar-refractivity contribution in [1.82, 2.24) is 9.38 Å². The van der Waals surface area contributed by atoms with Crippen LogP contribution < -0.4 is 15.4 Å². The fourth-order valence-corrected chi connectivity index (χ4v) is 2.79. The summed E-state index contributed by atoms with van der Waals surface area (Å²) in [6.07, 6.45) is 4.02. The van der Waals surface area contributed by atoms with Crippen LogP contribution in [0.25, 0.3) is 5.65 Å². The van der Waals surface area contributed by atoms with Crippen LogP contribution in [-0.2, 0) is 11.3 Å². The number of methoxy groups -OCH3 is 1. The number of benzene rings is 1. The molecule has 6 nitrogen and oxygen atoms in total. The first-order valence-electron chi connectivity index (χ1n) is 7.85. The summed E-state index contributed by atoms with van der Waals surface area (Å²) >= 11 is 6.02. The van der Waals surface area contributed by atoms with E-state index in [4.69, 9.17) is 22.1 Å². The molecule has 3 aromatic rings. The van der Waals surface area contributed by atoms with Gasteiger partial charge in [0.1, 0.15) is 11.4 Å². The number of aromatic nitrogens is 2. The predicted molar refractivity (Wildman–Crippen MR) is 98.1 cm³/mol. The molecular weight excluding hydrogens is 340 g/mol. The van der Waals surface area contributed by atoms with E-state index in [0.717, 1.165) is 22.8 Å². The molecule has 25 heavy (non-hydrogen) atoms. The van der Waals surface area contributed by atoms with Crippen molar-refractivity contribution < 1.29 is 9.53 Å². The van der Waals surface area contributed by atoms with E-state index in [1.807, 2.05) is 53.2 Å². The molecule has 0 fully saturated rings. The van der Waals surface area contributed by atoms with Crippen molar-refractivity contribution in [3.63, 3.8) is 0 Å². The van der Waals surface area contributed by atoms with Crippen LogP contribution in [0.3, 0.4) is 0 Å². The lowest BCUT2D eigenvalue weighted by molar-refractivity contribution is -0.117. The van der Waals surface area contributed by atoms with Crippen molar-refractivity contribution >= 4 is 28.8 Å². The molecule has 0 unspecified atom stereocenters. The summed E-state index contributed by atoms with van der Waals surface area (Å²) in [6.45, 7) is 1.06. The monoisotopic (exact) mass is 358 g/mol. The fraction of sp³-hybridized carbons (Fsp3) is 0.222. The molecule has 0 spiro atoms. The average molecular weight is 359 g/mol. The van der Waals surface area contributed by atoms with Gasteiger partial charge in [0.2, 0.25) is 5.91 Å². The largest absolute Gasteiger partial charge is 0.497 e. The first kappa shape index (κ1) is 17.1. The summed E-state index contributed by atoms with van der Waals surface area (Å²) in [7, 11) is 1.63. The van der Waals surface area contributed by atoms with Crippen LogP contribution in [0, 0.1) is 0 Å². The first-order valence-corrected chi connectivity index (χ1v) is 8.23. The zero-order chi connectivity index (χ0) is 17.8. The van der Waals surface area contributed by atoms with Gasteiger partial charge in [0.25, 0.3) is 0 Å². The van der Waals surface area contributed by atoms with Gasteiger partial charge in [0.15, 0.2) is 0 Å². The van der Waals surface area contributed by atoms with Crippen LogP contribution in [0.4, 0.5) is 5.69 Å². The molecule has 130 valence electrons. The number of fused-ring (bicyclic) bond motifs is 1. The molecule has 2 heterocycles. The maximum absolute atomic E-state index is 11.2. The second-order valence-electron chi connectivity index (χ2n) is 5.68. The molecule has 2 aromatic heterocycles. The van der Waals surface area contributed by atoms with E-state index in [9.17, 15) is 4.79 Å². The lowest BCUT2D eigenvalue weighted by atomic mass is 10.2. The molecule has 1 aromatic carbocycles. The summed E-state index contributed by atoms with van der Waals surface area (Å²) in [5, 5.41) is 0.650. The number of halogens is 1. The maximum atomic E-state index is 11.2. The Labute approximate surface area is 150 Å². The number of nitrogens with two attached hydrogens (primary N) is 1. The summed E-state index contributed by atoms with van der Waals surface area (Å²) in [5.41, 5.74) is 7.99. The minimum Gasteiger partial charge on any atom is -0.497 e. The highest BCUT2D eigenvalue weighted by molar-refractivity contribution is 6.30. The summed E-state index contributed by atoms with van der Waals surface area (Å²) < 4.78 is 7.08. The third-order valence-electron chi connectivity index (χ3n) is 3.88. The van der Waals surface area contributed by atoms with Gasteiger partial charge in [-0.1, -0.05) is 11.6 Å². The van der Waals surface area contributed by atoms with Gasteiger partial charge in [-0.3, -0.25) is 4.79 Å². The number of hydrogen-bond donors (Lipinski definition) is 1. The molecule has 0 saturated heterocycles. The molecular formula is C18H19ClN4O2. The number of amides is 1. The van der Waals surface area contributed by atoms with E-state index >= 15 is 0 Å². The number of imidazole rings is 1. The highest BCUT2D eigenvalue weighted by Gasteiger charge is 2.12. The summed E-state index contributed by atoms with van der Waals surface area (Å²) in [5.74, 6) is 0.446. The lowest BCUT2D eigenvalue weighted by Crippen LogP contribution is -2.27. The highest BCUT2D eigenvalue weighted by Crippen LogP contribution is 2.22. The topological polar surface area (TPSA) is 72.9 Å². The minimum atomic E-state index is -0.333. The SMILES string of the molecule is COc1ccc(N(CCC(N)=O)Cc2cn3cc(Cl)ccc3n2)cc1. The highest BCUT2D eigenvalue weighted by atomic mass is 35.5. The van der Waals surface area contributed by atoms with E-state index in [0.29, 0.717) is 18.1 Å². The zero-order valence-corrected chi connectivity index (χ0v) is 14.6. The number of carbonyl (C=O) groups is 1. The van der Waals surface area contributed by atoms with Crippen LogP contribution in [0.15, 0.2) is 48.8 Å². The molecule has 0 aliphatic rings. The van der Waals surface area contributed by atoms with Crippen molar-refractivity contribution in [1.29, 1.82) is 0 Å². The molecule has 7 heteroatoms. The number of hydrogen-bond acceptors (Lipinski definition) is 4. The van der Waals surface area contributed by atoms with Crippen molar-refractivity contribution in [3.05, 3.63) is 59.5 Å². The van der Waals surface area contributed by atoms with E-state index in [1.54, 1.807) is 7.11 Å². The number of pyridine rings is 1. The second-order valence-corrected chi connectivity index (χ2v) is 6.12. The second kappa shape index (κ2) is 7.44. The quantitative estimate of drug-likeness (QED) is 0.704. The van der Waals surface area contributed by atoms with Gasteiger partial charge in [0, 0.05) is 31.0 Å². The smallest absolute Gasteiger partial charge is 0.219 e. The van der Waals surface area contributed by atoms with Crippen molar-refractivity contribution in [3.8, 4) is 5.75 Å². The number of carbonyl (C=O) groups excluding carboxylic acids is 1. The third kappa shape index (κ3) is 4.22. The Morgan fingerprint density at radius 2 is 2.00 bits per heavy atom. The first-order chi connectivity index (χ1) is 12.0. The molecule has 0 radical (unpaired) electrons. The van der Waals surface area contributed by atoms with Crippen LogP contribution in [0.2, 0.25) is 5.02 Å². The van der Waals surface area contributed by atoms with Gasteiger partial charge in [-0.15, -0.1) is 0 Å². The van der Waals surface area contributed by atoms with Crippen molar-refractivity contribution in [2.24, 2.45) is 5.73 Å². The van der Waals surface area contributed by atoms with Gasteiger partial charge in [-0.25, -0.2) is 4.98 Å². The van der Waals surface area contributed by atoms with E-state index < -0.39 is 0 Å². The average Bonchev–Trinajstić information content (AvgIpc) is 3.00. The van der Waals surface area contributed by atoms with Crippen LogP contribution in [0.1, 0.15) is 12.1 Å². The molecule has 0 aliphatic heterocycles. The van der Waals surface area contributed by atoms with Crippen LogP contribution in [0.5, 0.6) is 5.75 Å². The number of nitrogens with zero attached hydrogens (tertiary/aromatic N) is 3. The standard InChI is InChI=1S/C18H19ClN4O2/c1-25-16-5-3-15(4-6-16)22(9-8-17(20)24)11-14-12-23-10-13(19)2-7-18(23)21-14/h2-7,10,12H,8-9,11H2,1H3,(H2,20,24). The third-order valence-corrected chi connectivity index (χ3v) is 4.11. The van der Waals surface area contributed by atoms with Crippen molar-refractivity contribution in [2.75, 3.05) is 18.6 Å². The van der Waals surface area contributed by atoms with E-state index in [2.05, 4.69) is 9.88 Å². The molecule has 3 rings (SSSR count). The van der Waals surface area contributed by atoms with Gasteiger partial charge >= 0.3 is 0 Å². The Hall–Kier alpha value is -2.73. The van der Waals surface area contributed by atoms with Crippen molar-refractivity contribution in [2.45, 2.75) is 13.0 Å². The van der Waals surface area contributed by atoms with Crippen LogP contribution in [-0.4, -0.2) is 28.9 Å². The Kier molecular flexibility index (Phi) is 5.09.